The van der Waals surface area contributed by atoms with E-state index in [9.17, 15) is 5.11 Å². The van der Waals surface area contributed by atoms with Gasteiger partial charge in [-0.1, -0.05) is 48.6 Å². The molecule has 98 valence electrons. The van der Waals surface area contributed by atoms with Crippen molar-refractivity contribution >= 4 is 22.6 Å². The first-order valence-corrected chi connectivity index (χ1v) is 7.49. The van der Waals surface area contributed by atoms with Crippen molar-refractivity contribution in [2.75, 3.05) is 0 Å². The molecule has 0 bridgehead atoms. The van der Waals surface area contributed by atoms with Gasteiger partial charge in [0, 0.05) is 11.8 Å². The number of ether oxygens (including phenoxy) is 1. The molecule has 5 atom stereocenters. The fourth-order valence-electron chi connectivity index (χ4n) is 2.44. The van der Waals surface area contributed by atoms with Gasteiger partial charge < -0.3 is 9.84 Å². The molecule has 1 aliphatic heterocycles. The lowest BCUT2D eigenvalue weighted by molar-refractivity contribution is -0.148. The molecule has 1 aliphatic rings. The van der Waals surface area contributed by atoms with Crippen molar-refractivity contribution in [1.82, 2.24) is 0 Å². The first kappa shape index (κ1) is 15.2. The lowest BCUT2D eigenvalue weighted by Crippen LogP contribution is -2.49. The Labute approximate surface area is 118 Å². The lowest BCUT2D eigenvalue weighted by atomic mass is 9.80. The number of aliphatic hydroxyl groups is 1. The van der Waals surface area contributed by atoms with Crippen LogP contribution in [-0.4, -0.2) is 23.4 Å². The molecule has 2 nitrogen and oxygen atoms in total. The van der Waals surface area contributed by atoms with Gasteiger partial charge in [0.2, 0.25) is 0 Å². The Balaban J connectivity index is 2.82. The normalized spacial score (nSPS) is 39.9. The molecular formula is C14H23IO2. The highest BCUT2D eigenvalue weighted by Gasteiger charge is 2.40. The number of aliphatic hydroxyl groups excluding tert-OH is 1. The summed E-state index contributed by atoms with van der Waals surface area (Å²) in [5, 5.41) is 10.3. The van der Waals surface area contributed by atoms with E-state index in [1.54, 1.807) is 0 Å². The maximum Gasteiger partial charge on any atom is 0.0844 e. The summed E-state index contributed by atoms with van der Waals surface area (Å²) < 4.78 is 8.20. The molecule has 1 fully saturated rings. The average molecular weight is 350 g/mol. The van der Waals surface area contributed by atoms with Gasteiger partial charge in [-0.3, -0.25) is 0 Å². The molecule has 0 spiro atoms. The van der Waals surface area contributed by atoms with Crippen LogP contribution < -0.4 is 0 Å². The summed E-state index contributed by atoms with van der Waals surface area (Å²) in [5.41, 5.74) is 1.20. The fourth-order valence-corrected chi connectivity index (χ4v) is 2.79. The van der Waals surface area contributed by atoms with E-state index in [1.807, 2.05) is 17.1 Å². The van der Waals surface area contributed by atoms with Gasteiger partial charge in [0.05, 0.1) is 18.3 Å². The van der Waals surface area contributed by atoms with Crippen LogP contribution in [0.15, 0.2) is 21.8 Å². The number of allylic oxidation sites excluding steroid dienone is 1. The smallest absolute Gasteiger partial charge is 0.0844 e. The number of hydrogen-bond donors (Lipinski definition) is 1. The summed E-state index contributed by atoms with van der Waals surface area (Å²) in [6, 6.07) is 0. The second-order valence-electron chi connectivity index (χ2n) is 4.96. The average Bonchev–Trinajstić information content (AvgIpc) is 2.34. The van der Waals surface area contributed by atoms with Gasteiger partial charge in [-0.15, -0.1) is 0 Å². The van der Waals surface area contributed by atoms with Crippen molar-refractivity contribution in [3.8, 4) is 0 Å². The molecule has 0 aromatic heterocycles. The molecular weight excluding hydrogens is 327 g/mol. The first-order valence-electron chi connectivity index (χ1n) is 6.24. The minimum Gasteiger partial charge on any atom is -0.392 e. The second-order valence-corrected chi connectivity index (χ2v) is 5.58. The zero-order valence-electron chi connectivity index (χ0n) is 11.1. The molecule has 0 aromatic carbocycles. The van der Waals surface area contributed by atoms with Gasteiger partial charge in [0.25, 0.3) is 0 Å². The molecule has 0 aromatic rings. The quantitative estimate of drug-likeness (QED) is 0.621. The van der Waals surface area contributed by atoms with Crippen molar-refractivity contribution in [1.29, 1.82) is 0 Å². The van der Waals surface area contributed by atoms with Gasteiger partial charge >= 0.3 is 0 Å². The lowest BCUT2D eigenvalue weighted by Gasteiger charge is -2.43. The molecule has 17 heavy (non-hydrogen) atoms. The van der Waals surface area contributed by atoms with Crippen LogP contribution in [-0.2, 0) is 4.74 Å². The SMILES string of the molecule is C/C=C/C[C@H]1O[C@@H](/C(C)=C/I)[C@H](C)[C@@H](O)[C@H]1C. The molecule has 0 radical (unpaired) electrons. The van der Waals surface area contributed by atoms with E-state index in [1.165, 1.54) is 5.57 Å². The maximum absolute atomic E-state index is 10.3. The van der Waals surface area contributed by atoms with Crippen molar-refractivity contribution in [2.24, 2.45) is 11.8 Å². The third-order valence-electron chi connectivity index (χ3n) is 3.69. The Morgan fingerprint density at radius 1 is 1.35 bits per heavy atom. The Bertz CT molecular complexity index is 299. The molecule has 1 rings (SSSR count). The number of halogens is 1. The standard InChI is InChI=1S/C14H23IO2/c1-5-6-7-12-10(3)13(16)11(4)14(17-12)9(2)8-15/h5-6,8,10-14,16H,7H2,1-4H3/b6-5+,9-8+/t10-,11+,12+,13-,14-/m0/s1. The van der Waals surface area contributed by atoms with Crippen LogP contribution in [0.2, 0.25) is 0 Å². The number of hydrogen-bond acceptors (Lipinski definition) is 2. The summed E-state index contributed by atoms with van der Waals surface area (Å²) in [6.07, 6.45) is 4.92. The van der Waals surface area contributed by atoms with Crippen LogP contribution >= 0.6 is 22.6 Å². The largest absolute Gasteiger partial charge is 0.392 e. The second kappa shape index (κ2) is 6.90. The Kier molecular flexibility index (Phi) is 6.17. The Morgan fingerprint density at radius 2 is 2.00 bits per heavy atom. The third-order valence-corrected chi connectivity index (χ3v) is 4.67. The van der Waals surface area contributed by atoms with Crippen LogP contribution in [0.3, 0.4) is 0 Å². The predicted molar refractivity (Wildman–Crippen MR) is 80.2 cm³/mol. The van der Waals surface area contributed by atoms with Gasteiger partial charge in [0.15, 0.2) is 0 Å². The summed E-state index contributed by atoms with van der Waals surface area (Å²) in [5.74, 6) is 0.359. The number of rotatable bonds is 3. The molecule has 1 heterocycles. The van der Waals surface area contributed by atoms with E-state index in [0.29, 0.717) is 0 Å². The maximum atomic E-state index is 10.3. The molecule has 3 heteroatoms. The topological polar surface area (TPSA) is 29.5 Å². The fraction of sp³-hybridized carbons (Fsp3) is 0.714. The first-order chi connectivity index (χ1) is 8.02. The van der Waals surface area contributed by atoms with Crippen molar-refractivity contribution in [2.45, 2.75) is 52.4 Å². The summed E-state index contributed by atoms with van der Waals surface area (Å²) in [7, 11) is 0. The minimum absolute atomic E-state index is 0.0494. The van der Waals surface area contributed by atoms with E-state index in [4.69, 9.17) is 4.74 Å². The zero-order chi connectivity index (χ0) is 13.0. The molecule has 0 unspecified atom stereocenters. The Hall–Kier alpha value is 0.130. The van der Waals surface area contributed by atoms with Crippen LogP contribution in [0.5, 0.6) is 0 Å². The highest BCUT2D eigenvalue weighted by molar-refractivity contribution is 14.1. The molecule has 1 N–H and O–H groups in total. The van der Waals surface area contributed by atoms with Gasteiger partial charge in [0.1, 0.15) is 0 Å². The Morgan fingerprint density at radius 3 is 2.53 bits per heavy atom. The van der Waals surface area contributed by atoms with Gasteiger partial charge in [-0.25, -0.2) is 0 Å². The van der Waals surface area contributed by atoms with E-state index in [-0.39, 0.29) is 30.1 Å². The van der Waals surface area contributed by atoms with E-state index >= 15 is 0 Å². The minimum atomic E-state index is -0.282. The molecule has 0 amide bonds. The van der Waals surface area contributed by atoms with Gasteiger partial charge in [-0.2, -0.15) is 0 Å². The third kappa shape index (κ3) is 3.55. The van der Waals surface area contributed by atoms with Crippen LogP contribution in [0.1, 0.15) is 34.1 Å². The zero-order valence-corrected chi connectivity index (χ0v) is 13.2. The van der Waals surface area contributed by atoms with Crippen LogP contribution in [0.4, 0.5) is 0 Å². The van der Waals surface area contributed by atoms with E-state index < -0.39 is 0 Å². The van der Waals surface area contributed by atoms with Crippen molar-refractivity contribution < 1.29 is 9.84 Å². The summed E-state index contributed by atoms with van der Waals surface area (Å²) in [6.45, 7) is 8.24. The highest BCUT2D eigenvalue weighted by Crippen LogP contribution is 2.35. The highest BCUT2D eigenvalue weighted by atomic mass is 127. The van der Waals surface area contributed by atoms with Crippen LogP contribution in [0.25, 0.3) is 0 Å². The van der Waals surface area contributed by atoms with Crippen LogP contribution in [0, 0.1) is 11.8 Å². The molecule has 0 aliphatic carbocycles. The summed E-state index contributed by atoms with van der Waals surface area (Å²) in [4.78, 5) is 0. The van der Waals surface area contributed by atoms with Crippen molar-refractivity contribution in [3.05, 3.63) is 21.8 Å². The van der Waals surface area contributed by atoms with E-state index in [2.05, 4.69) is 49.4 Å². The van der Waals surface area contributed by atoms with Crippen molar-refractivity contribution in [3.63, 3.8) is 0 Å². The van der Waals surface area contributed by atoms with Gasteiger partial charge in [-0.05, 0) is 29.9 Å². The predicted octanol–water partition coefficient (Wildman–Crippen LogP) is 3.69. The summed E-state index contributed by atoms with van der Waals surface area (Å²) >= 11 is 2.24. The molecule has 1 saturated heterocycles. The van der Waals surface area contributed by atoms with E-state index in [0.717, 1.165) is 6.42 Å². The molecule has 0 saturated carbocycles. The monoisotopic (exact) mass is 350 g/mol.